The normalized spacial score (nSPS) is 15.9. The van der Waals surface area contributed by atoms with E-state index in [9.17, 15) is 9.59 Å². The van der Waals surface area contributed by atoms with Crippen LogP contribution in [0.2, 0.25) is 0 Å². The summed E-state index contributed by atoms with van der Waals surface area (Å²) >= 11 is 6.53. The van der Waals surface area contributed by atoms with Crippen LogP contribution in [0.1, 0.15) is 18.9 Å². The Hall–Kier alpha value is -2.06. The lowest BCUT2D eigenvalue weighted by Gasteiger charge is -2.12. The van der Waals surface area contributed by atoms with E-state index in [4.69, 9.17) is 27.4 Å². The SMILES string of the molecule is CCCN1C(=O)/C(=C/c2ccc(OCC(N)=O)c(OC)c2)SC1=S. The topological polar surface area (TPSA) is 81.9 Å². The summed E-state index contributed by atoms with van der Waals surface area (Å²) in [6.45, 7) is 2.38. The molecule has 2 N–H and O–H groups in total. The number of hydrogen-bond donors (Lipinski definition) is 1. The van der Waals surface area contributed by atoms with Gasteiger partial charge in [-0.1, -0.05) is 37.0 Å². The number of nitrogens with two attached hydrogens (primary N) is 1. The first-order valence-electron chi connectivity index (χ1n) is 7.30. The number of hydrogen-bond acceptors (Lipinski definition) is 6. The minimum atomic E-state index is -0.569. The van der Waals surface area contributed by atoms with E-state index in [0.29, 0.717) is 27.3 Å². The molecule has 2 rings (SSSR count). The zero-order valence-corrected chi connectivity index (χ0v) is 15.0. The summed E-state index contributed by atoms with van der Waals surface area (Å²) in [5, 5.41) is 0. The number of methoxy groups -OCH3 is 1. The number of rotatable bonds is 7. The van der Waals surface area contributed by atoms with Crippen LogP contribution < -0.4 is 15.2 Å². The summed E-state index contributed by atoms with van der Waals surface area (Å²) in [5.41, 5.74) is 5.84. The van der Waals surface area contributed by atoms with Crippen molar-refractivity contribution in [1.29, 1.82) is 0 Å². The summed E-state index contributed by atoms with van der Waals surface area (Å²) in [7, 11) is 1.50. The number of nitrogens with zero attached hydrogens (tertiary/aromatic N) is 1. The van der Waals surface area contributed by atoms with Crippen LogP contribution in [-0.4, -0.2) is 41.3 Å². The van der Waals surface area contributed by atoms with Crippen LogP contribution in [-0.2, 0) is 9.59 Å². The molecule has 6 nitrogen and oxygen atoms in total. The smallest absolute Gasteiger partial charge is 0.266 e. The number of carbonyl (C=O) groups excluding carboxylic acids is 2. The minimum absolute atomic E-state index is 0.0835. The van der Waals surface area contributed by atoms with Gasteiger partial charge in [-0.2, -0.15) is 0 Å². The van der Waals surface area contributed by atoms with Gasteiger partial charge in [-0.3, -0.25) is 14.5 Å². The van der Waals surface area contributed by atoms with Gasteiger partial charge < -0.3 is 15.2 Å². The number of amides is 2. The van der Waals surface area contributed by atoms with Crippen LogP contribution in [0.5, 0.6) is 11.5 Å². The maximum atomic E-state index is 12.4. The van der Waals surface area contributed by atoms with Gasteiger partial charge in [0.2, 0.25) is 0 Å². The molecule has 0 unspecified atom stereocenters. The molecule has 0 saturated carbocycles. The molecule has 128 valence electrons. The van der Waals surface area contributed by atoms with Gasteiger partial charge in [-0.15, -0.1) is 0 Å². The molecule has 24 heavy (non-hydrogen) atoms. The molecule has 0 bridgehead atoms. The standard InChI is InChI=1S/C16H18N2O4S2/c1-3-6-18-15(20)13(24-16(18)23)8-10-4-5-11(12(7-10)21-2)22-9-14(17)19/h4-5,7-8H,3,6,9H2,1-2H3,(H2,17,19)/b13-8-. The molecule has 1 aromatic carbocycles. The molecule has 0 atom stereocenters. The average Bonchev–Trinajstić information content (AvgIpc) is 2.81. The van der Waals surface area contributed by atoms with Gasteiger partial charge in [-0.05, 0) is 30.2 Å². The molecule has 1 fully saturated rings. The molecule has 0 spiro atoms. The fourth-order valence-corrected chi connectivity index (χ4v) is 3.42. The molecule has 1 heterocycles. The van der Waals surface area contributed by atoms with E-state index in [1.165, 1.54) is 18.9 Å². The lowest BCUT2D eigenvalue weighted by Crippen LogP contribution is -2.28. The quantitative estimate of drug-likeness (QED) is 0.588. The van der Waals surface area contributed by atoms with E-state index >= 15 is 0 Å². The Morgan fingerprint density at radius 2 is 2.17 bits per heavy atom. The van der Waals surface area contributed by atoms with Crippen molar-refractivity contribution in [2.75, 3.05) is 20.3 Å². The van der Waals surface area contributed by atoms with E-state index in [-0.39, 0.29) is 12.5 Å². The maximum Gasteiger partial charge on any atom is 0.266 e. The second-order valence-electron chi connectivity index (χ2n) is 5.00. The molecular formula is C16H18N2O4S2. The highest BCUT2D eigenvalue weighted by molar-refractivity contribution is 8.26. The second kappa shape index (κ2) is 8.16. The fraction of sp³-hybridized carbons (Fsp3) is 0.312. The number of thiocarbonyl (C=S) groups is 1. The van der Waals surface area contributed by atoms with E-state index < -0.39 is 5.91 Å². The Balaban J connectivity index is 2.22. The highest BCUT2D eigenvalue weighted by Crippen LogP contribution is 2.34. The molecule has 0 radical (unpaired) electrons. The number of primary amides is 1. The van der Waals surface area contributed by atoms with Crippen LogP contribution >= 0.6 is 24.0 Å². The third-order valence-corrected chi connectivity index (χ3v) is 4.55. The van der Waals surface area contributed by atoms with Crippen LogP contribution in [0.15, 0.2) is 23.1 Å². The third-order valence-electron chi connectivity index (χ3n) is 3.18. The zero-order chi connectivity index (χ0) is 17.7. The fourth-order valence-electron chi connectivity index (χ4n) is 2.11. The molecule has 2 amide bonds. The molecule has 1 aliphatic rings. The van der Waals surface area contributed by atoms with Gasteiger partial charge in [0.05, 0.1) is 12.0 Å². The largest absolute Gasteiger partial charge is 0.493 e. The molecule has 8 heteroatoms. The Morgan fingerprint density at radius 3 is 2.79 bits per heavy atom. The molecule has 0 aliphatic carbocycles. The predicted octanol–water partition coefficient (Wildman–Crippen LogP) is 2.17. The Kier molecular flexibility index (Phi) is 6.22. The van der Waals surface area contributed by atoms with Crippen molar-refractivity contribution in [1.82, 2.24) is 4.90 Å². The van der Waals surface area contributed by atoms with Crippen molar-refractivity contribution in [2.45, 2.75) is 13.3 Å². The first-order chi connectivity index (χ1) is 11.5. The van der Waals surface area contributed by atoms with Gasteiger partial charge in [0.1, 0.15) is 4.32 Å². The molecular weight excluding hydrogens is 348 g/mol. The van der Waals surface area contributed by atoms with Crippen molar-refractivity contribution < 1.29 is 19.1 Å². The minimum Gasteiger partial charge on any atom is -0.493 e. The second-order valence-corrected chi connectivity index (χ2v) is 6.67. The van der Waals surface area contributed by atoms with E-state index in [1.807, 2.05) is 6.92 Å². The summed E-state index contributed by atoms with van der Waals surface area (Å²) in [4.78, 5) is 25.3. The first-order valence-corrected chi connectivity index (χ1v) is 8.53. The van der Waals surface area contributed by atoms with E-state index in [1.54, 1.807) is 29.2 Å². The highest BCUT2D eigenvalue weighted by Gasteiger charge is 2.31. The van der Waals surface area contributed by atoms with Crippen molar-refractivity contribution in [3.05, 3.63) is 28.7 Å². The lowest BCUT2D eigenvalue weighted by atomic mass is 10.2. The number of benzene rings is 1. The number of ether oxygens (including phenoxy) is 2. The van der Waals surface area contributed by atoms with E-state index in [0.717, 1.165) is 12.0 Å². The Labute approximate surface area is 150 Å². The van der Waals surface area contributed by atoms with Crippen molar-refractivity contribution in [3.8, 4) is 11.5 Å². The van der Waals surface area contributed by atoms with Crippen molar-refractivity contribution in [2.24, 2.45) is 5.73 Å². The van der Waals surface area contributed by atoms with Crippen molar-refractivity contribution >= 4 is 46.2 Å². The van der Waals surface area contributed by atoms with Crippen LogP contribution in [0.3, 0.4) is 0 Å². The summed E-state index contributed by atoms with van der Waals surface area (Å²) in [5.74, 6) is 0.210. The molecule has 1 aromatic rings. The lowest BCUT2D eigenvalue weighted by molar-refractivity contribution is -0.122. The monoisotopic (exact) mass is 366 g/mol. The van der Waals surface area contributed by atoms with Gasteiger partial charge in [0, 0.05) is 6.54 Å². The van der Waals surface area contributed by atoms with Crippen LogP contribution in [0, 0.1) is 0 Å². The van der Waals surface area contributed by atoms with Gasteiger partial charge >= 0.3 is 0 Å². The molecule has 0 aromatic heterocycles. The van der Waals surface area contributed by atoms with E-state index in [2.05, 4.69) is 0 Å². The molecule has 1 saturated heterocycles. The maximum absolute atomic E-state index is 12.4. The van der Waals surface area contributed by atoms with Crippen molar-refractivity contribution in [3.63, 3.8) is 0 Å². The average molecular weight is 366 g/mol. The zero-order valence-electron chi connectivity index (χ0n) is 13.4. The highest BCUT2D eigenvalue weighted by atomic mass is 32.2. The summed E-state index contributed by atoms with van der Waals surface area (Å²) < 4.78 is 11.1. The summed E-state index contributed by atoms with van der Waals surface area (Å²) in [6, 6.07) is 5.16. The van der Waals surface area contributed by atoms with Gasteiger partial charge in [-0.25, -0.2) is 0 Å². The Morgan fingerprint density at radius 1 is 1.42 bits per heavy atom. The first kappa shape index (κ1) is 18.3. The molecule has 1 aliphatic heterocycles. The van der Waals surface area contributed by atoms with Gasteiger partial charge in [0.25, 0.3) is 11.8 Å². The predicted molar refractivity (Wildman–Crippen MR) is 97.9 cm³/mol. The Bertz CT molecular complexity index is 703. The van der Waals surface area contributed by atoms with Crippen LogP contribution in [0.25, 0.3) is 6.08 Å². The third kappa shape index (κ3) is 4.27. The summed E-state index contributed by atoms with van der Waals surface area (Å²) in [6.07, 6.45) is 2.61. The van der Waals surface area contributed by atoms with Gasteiger partial charge in [0.15, 0.2) is 18.1 Å². The number of carbonyl (C=O) groups is 2. The van der Waals surface area contributed by atoms with Crippen LogP contribution in [0.4, 0.5) is 0 Å². The number of thioether (sulfide) groups is 1.